The molecule has 1 rings (SSSR count). The number of aliphatic hydroxyl groups excluding tert-OH is 2. The number of aliphatic hydroxyl groups is 2. The first-order chi connectivity index (χ1) is 7.69. The van der Waals surface area contributed by atoms with Crippen LogP contribution in [0.1, 0.15) is 25.0 Å². The van der Waals surface area contributed by atoms with Crippen molar-refractivity contribution in [1.82, 2.24) is 5.32 Å². The van der Waals surface area contributed by atoms with E-state index in [0.29, 0.717) is 6.54 Å². The molecule has 0 aliphatic carbocycles. The van der Waals surface area contributed by atoms with Crippen LogP contribution >= 0.6 is 15.9 Å². The van der Waals surface area contributed by atoms with Crippen LogP contribution in [0, 0.1) is 0 Å². The van der Waals surface area contributed by atoms with Crippen LogP contribution in [0.5, 0.6) is 0 Å². The fraction of sp³-hybridized carbons (Fsp3) is 0.500. The summed E-state index contributed by atoms with van der Waals surface area (Å²) in [5.74, 6) is 0. The van der Waals surface area contributed by atoms with Crippen molar-refractivity contribution in [2.45, 2.75) is 25.5 Å². The van der Waals surface area contributed by atoms with E-state index in [9.17, 15) is 5.11 Å². The van der Waals surface area contributed by atoms with Gasteiger partial charge in [0.15, 0.2) is 0 Å². The molecule has 90 valence electrons. The van der Waals surface area contributed by atoms with Gasteiger partial charge in [-0.15, -0.1) is 0 Å². The van der Waals surface area contributed by atoms with Gasteiger partial charge in [-0.3, -0.25) is 0 Å². The summed E-state index contributed by atoms with van der Waals surface area (Å²) in [4.78, 5) is 0. The summed E-state index contributed by atoms with van der Waals surface area (Å²) in [6.07, 6.45) is 0.279. The molecule has 0 aliphatic heterocycles. The minimum atomic E-state index is -0.537. The smallest absolute Gasteiger partial charge is 0.0942 e. The molecule has 0 spiro atoms. The Kier molecular flexibility index (Phi) is 5.98. The van der Waals surface area contributed by atoms with E-state index in [1.807, 2.05) is 31.2 Å². The molecule has 1 aromatic carbocycles. The zero-order chi connectivity index (χ0) is 12.0. The van der Waals surface area contributed by atoms with E-state index in [1.165, 1.54) is 0 Å². The van der Waals surface area contributed by atoms with Crippen LogP contribution in [0.3, 0.4) is 0 Å². The summed E-state index contributed by atoms with van der Waals surface area (Å²) in [7, 11) is 0. The number of benzene rings is 1. The Morgan fingerprint density at radius 3 is 2.44 bits per heavy atom. The third-order valence-corrected chi connectivity index (χ3v) is 3.08. The number of halogens is 1. The summed E-state index contributed by atoms with van der Waals surface area (Å²) in [6, 6.07) is 7.61. The minimum absolute atomic E-state index is 0.0201. The Hall–Kier alpha value is -0.420. The maximum Gasteiger partial charge on any atom is 0.0942 e. The van der Waals surface area contributed by atoms with Crippen LogP contribution in [0.15, 0.2) is 28.7 Å². The molecular weight excluding hydrogens is 270 g/mol. The Bertz CT molecular complexity index is 302. The Morgan fingerprint density at radius 1 is 1.31 bits per heavy atom. The molecule has 16 heavy (non-hydrogen) atoms. The van der Waals surface area contributed by atoms with Gasteiger partial charge in [-0.25, -0.2) is 0 Å². The van der Waals surface area contributed by atoms with Gasteiger partial charge in [0.05, 0.1) is 12.7 Å². The van der Waals surface area contributed by atoms with Crippen molar-refractivity contribution in [3.8, 4) is 0 Å². The molecule has 2 unspecified atom stereocenters. The van der Waals surface area contributed by atoms with E-state index in [1.54, 1.807) is 0 Å². The molecule has 2 atom stereocenters. The van der Waals surface area contributed by atoms with Gasteiger partial charge in [-0.2, -0.15) is 0 Å². The summed E-state index contributed by atoms with van der Waals surface area (Å²) in [5.41, 5.74) is 0.889. The van der Waals surface area contributed by atoms with Gasteiger partial charge in [-0.05, 0) is 24.1 Å². The Labute approximate surface area is 105 Å². The first kappa shape index (κ1) is 13.6. The lowest BCUT2D eigenvalue weighted by molar-refractivity contribution is 0.122. The van der Waals surface area contributed by atoms with E-state index >= 15 is 0 Å². The normalized spacial score (nSPS) is 14.8. The molecule has 0 saturated heterocycles. The lowest BCUT2D eigenvalue weighted by Gasteiger charge is -2.23. The van der Waals surface area contributed by atoms with Gasteiger partial charge >= 0.3 is 0 Å². The second kappa shape index (κ2) is 7.01. The topological polar surface area (TPSA) is 52.5 Å². The highest BCUT2D eigenvalue weighted by Gasteiger charge is 2.18. The first-order valence-electron chi connectivity index (χ1n) is 5.46. The zero-order valence-corrected chi connectivity index (χ0v) is 10.9. The highest BCUT2D eigenvalue weighted by Crippen LogP contribution is 2.20. The minimum Gasteiger partial charge on any atom is -0.395 e. The molecule has 0 aromatic heterocycles. The van der Waals surface area contributed by atoms with Crippen molar-refractivity contribution in [1.29, 1.82) is 0 Å². The number of nitrogens with one attached hydrogen (secondary N) is 1. The third kappa shape index (κ3) is 3.87. The van der Waals surface area contributed by atoms with Gasteiger partial charge in [0, 0.05) is 17.1 Å². The molecule has 0 heterocycles. The molecule has 0 bridgehead atoms. The van der Waals surface area contributed by atoms with Crippen LogP contribution in [0.2, 0.25) is 0 Å². The predicted molar refractivity (Wildman–Crippen MR) is 68.3 cm³/mol. The van der Waals surface area contributed by atoms with Gasteiger partial charge < -0.3 is 15.5 Å². The highest BCUT2D eigenvalue weighted by atomic mass is 79.9. The number of rotatable bonds is 6. The van der Waals surface area contributed by atoms with Crippen molar-refractivity contribution >= 4 is 15.9 Å². The standard InChI is InChI=1S/C12H18BrNO2/c1-2-11(14-7-8-15)12(16)9-3-5-10(13)6-4-9/h3-6,11-12,14-16H,2,7-8H2,1H3. The summed E-state index contributed by atoms with van der Waals surface area (Å²) in [5, 5.41) is 22.0. The quantitative estimate of drug-likeness (QED) is 0.748. The molecule has 0 fully saturated rings. The highest BCUT2D eigenvalue weighted by molar-refractivity contribution is 9.10. The number of hydrogen-bond donors (Lipinski definition) is 3. The van der Waals surface area contributed by atoms with Crippen molar-refractivity contribution in [2.75, 3.05) is 13.2 Å². The molecule has 0 radical (unpaired) electrons. The largest absolute Gasteiger partial charge is 0.395 e. The van der Waals surface area contributed by atoms with Crippen molar-refractivity contribution in [2.24, 2.45) is 0 Å². The second-order valence-electron chi connectivity index (χ2n) is 3.69. The average Bonchev–Trinajstić information content (AvgIpc) is 2.30. The second-order valence-corrected chi connectivity index (χ2v) is 4.60. The summed E-state index contributed by atoms with van der Waals surface area (Å²) < 4.78 is 1.000. The van der Waals surface area contributed by atoms with Crippen molar-refractivity contribution < 1.29 is 10.2 Å². The Morgan fingerprint density at radius 2 is 1.94 bits per heavy atom. The first-order valence-corrected chi connectivity index (χ1v) is 6.26. The number of hydrogen-bond acceptors (Lipinski definition) is 3. The van der Waals surface area contributed by atoms with E-state index in [2.05, 4.69) is 21.2 Å². The van der Waals surface area contributed by atoms with Gasteiger partial charge in [0.1, 0.15) is 0 Å². The summed E-state index contributed by atoms with van der Waals surface area (Å²) >= 11 is 3.36. The lowest BCUT2D eigenvalue weighted by Crippen LogP contribution is -2.36. The lowest BCUT2D eigenvalue weighted by atomic mass is 10.0. The molecule has 0 aliphatic rings. The monoisotopic (exact) mass is 287 g/mol. The molecule has 1 aromatic rings. The van der Waals surface area contributed by atoms with Gasteiger partial charge in [0.2, 0.25) is 0 Å². The maximum absolute atomic E-state index is 10.1. The SMILES string of the molecule is CCC(NCCO)C(O)c1ccc(Br)cc1. The third-order valence-electron chi connectivity index (χ3n) is 2.55. The van der Waals surface area contributed by atoms with E-state index in [0.717, 1.165) is 16.5 Å². The maximum atomic E-state index is 10.1. The predicted octanol–water partition coefficient (Wildman–Crippen LogP) is 1.84. The van der Waals surface area contributed by atoms with Crippen molar-refractivity contribution in [3.05, 3.63) is 34.3 Å². The molecule has 3 N–H and O–H groups in total. The molecular formula is C12H18BrNO2. The fourth-order valence-electron chi connectivity index (χ4n) is 1.62. The molecule has 4 heteroatoms. The van der Waals surface area contributed by atoms with Gasteiger partial charge in [-0.1, -0.05) is 35.0 Å². The van der Waals surface area contributed by atoms with Crippen LogP contribution in [-0.4, -0.2) is 29.4 Å². The van der Waals surface area contributed by atoms with E-state index in [-0.39, 0.29) is 12.6 Å². The van der Waals surface area contributed by atoms with Crippen LogP contribution in [-0.2, 0) is 0 Å². The fourth-order valence-corrected chi connectivity index (χ4v) is 1.89. The molecule has 3 nitrogen and oxygen atoms in total. The molecule has 0 saturated carbocycles. The van der Waals surface area contributed by atoms with Gasteiger partial charge in [0.25, 0.3) is 0 Å². The Balaban J connectivity index is 2.66. The van der Waals surface area contributed by atoms with E-state index < -0.39 is 6.10 Å². The van der Waals surface area contributed by atoms with E-state index in [4.69, 9.17) is 5.11 Å². The van der Waals surface area contributed by atoms with Crippen LogP contribution < -0.4 is 5.32 Å². The summed E-state index contributed by atoms with van der Waals surface area (Å²) in [6.45, 7) is 2.60. The molecule has 0 amide bonds. The average molecular weight is 288 g/mol. The van der Waals surface area contributed by atoms with Crippen LogP contribution in [0.4, 0.5) is 0 Å². The van der Waals surface area contributed by atoms with Crippen LogP contribution in [0.25, 0.3) is 0 Å². The zero-order valence-electron chi connectivity index (χ0n) is 9.36. The van der Waals surface area contributed by atoms with Crippen molar-refractivity contribution in [3.63, 3.8) is 0 Å².